The molecule has 1 heterocycles. The van der Waals surface area contributed by atoms with Crippen molar-refractivity contribution < 1.29 is 0 Å². The topological polar surface area (TPSA) is 63.8 Å². The average molecular weight is 252 g/mol. The third-order valence-corrected chi connectivity index (χ3v) is 4.44. The number of anilines is 1. The van der Waals surface area contributed by atoms with E-state index in [4.69, 9.17) is 5.84 Å². The summed E-state index contributed by atoms with van der Waals surface area (Å²) < 4.78 is 0. The Bertz CT molecular complexity index is 404. The van der Waals surface area contributed by atoms with Gasteiger partial charge in [-0.1, -0.05) is 13.8 Å². The highest BCUT2D eigenvalue weighted by atomic mass is 32.2. The van der Waals surface area contributed by atoms with Gasteiger partial charge in [-0.15, -0.1) is 11.8 Å². The van der Waals surface area contributed by atoms with Crippen molar-refractivity contribution in [1.29, 1.82) is 0 Å². The fourth-order valence-electron chi connectivity index (χ4n) is 1.57. The first kappa shape index (κ1) is 12.6. The number of aromatic nitrogens is 2. The number of hydrogen-bond donors (Lipinski definition) is 2. The van der Waals surface area contributed by atoms with Crippen molar-refractivity contribution in [1.82, 2.24) is 9.97 Å². The molecule has 2 rings (SSSR count). The van der Waals surface area contributed by atoms with E-state index in [2.05, 4.69) is 29.2 Å². The second-order valence-corrected chi connectivity index (χ2v) is 6.04. The number of nitrogen functional groups attached to an aromatic ring is 1. The van der Waals surface area contributed by atoms with E-state index in [9.17, 15) is 0 Å². The van der Waals surface area contributed by atoms with Gasteiger partial charge in [0.1, 0.15) is 16.7 Å². The Labute approximate surface area is 107 Å². The Morgan fingerprint density at radius 3 is 2.71 bits per heavy atom. The molecule has 1 fully saturated rings. The van der Waals surface area contributed by atoms with Crippen molar-refractivity contribution in [2.45, 2.75) is 56.2 Å². The largest absolute Gasteiger partial charge is 0.308 e. The molecule has 1 aromatic heterocycles. The Kier molecular flexibility index (Phi) is 3.89. The number of nitrogens with one attached hydrogen (secondary N) is 1. The van der Waals surface area contributed by atoms with Crippen LogP contribution in [-0.4, -0.2) is 15.2 Å². The van der Waals surface area contributed by atoms with Crippen molar-refractivity contribution in [2.75, 3.05) is 5.43 Å². The summed E-state index contributed by atoms with van der Waals surface area (Å²) in [6.07, 6.45) is 3.55. The van der Waals surface area contributed by atoms with Gasteiger partial charge < -0.3 is 5.43 Å². The predicted octanol–water partition coefficient (Wildman–Crippen LogP) is 2.84. The van der Waals surface area contributed by atoms with Crippen molar-refractivity contribution in [2.24, 2.45) is 5.84 Å². The van der Waals surface area contributed by atoms with E-state index in [1.165, 1.54) is 12.8 Å². The molecule has 1 aliphatic carbocycles. The average Bonchev–Trinajstić information content (AvgIpc) is 3.15. The number of hydrogen-bond acceptors (Lipinski definition) is 5. The number of rotatable bonds is 5. The van der Waals surface area contributed by atoms with Gasteiger partial charge in [-0.2, -0.15) is 0 Å². The van der Waals surface area contributed by atoms with E-state index < -0.39 is 0 Å². The fraction of sp³-hybridized carbons (Fsp3) is 0.667. The zero-order chi connectivity index (χ0) is 12.4. The summed E-state index contributed by atoms with van der Waals surface area (Å²) in [5.41, 5.74) is 3.74. The fourth-order valence-corrected chi connectivity index (χ4v) is 2.53. The van der Waals surface area contributed by atoms with Crippen LogP contribution >= 0.6 is 11.8 Å². The summed E-state index contributed by atoms with van der Waals surface area (Å²) >= 11 is 1.81. The van der Waals surface area contributed by atoms with E-state index in [0.29, 0.717) is 11.2 Å². The summed E-state index contributed by atoms with van der Waals surface area (Å²) in [5, 5.41) is 1.64. The third kappa shape index (κ3) is 2.90. The van der Waals surface area contributed by atoms with Crippen molar-refractivity contribution in [3.8, 4) is 0 Å². The predicted molar refractivity (Wildman–Crippen MR) is 72.2 cm³/mol. The molecule has 1 aliphatic rings. The van der Waals surface area contributed by atoms with Crippen LogP contribution < -0.4 is 11.3 Å². The highest BCUT2D eigenvalue weighted by Gasteiger charge is 2.28. The molecular formula is C12H20N4S. The van der Waals surface area contributed by atoms with Crippen LogP contribution in [0.1, 0.15) is 50.4 Å². The highest BCUT2D eigenvalue weighted by molar-refractivity contribution is 7.99. The van der Waals surface area contributed by atoms with Gasteiger partial charge in [0.25, 0.3) is 0 Å². The zero-order valence-corrected chi connectivity index (χ0v) is 11.5. The first-order valence-corrected chi connectivity index (χ1v) is 7.05. The number of nitrogens with zero attached hydrogens (tertiary/aromatic N) is 2. The van der Waals surface area contributed by atoms with Crippen LogP contribution in [-0.2, 0) is 0 Å². The molecule has 0 radical (unpaired) electrons. The third-order valence-electron chi connectivity index (χ3n) is 3.09. The van der Waals surface area contributed by atoms with Gasteiger partial charge in [0.2, 0.25) is 0 Å². The number of hydrazine groups is 1. The van der Waals surface area contributed by atoms with Crippen molar-refractivity contribution in [3.63, 3.8) is 0 Å². The van der Waals surface area contributed by atoms with Gasteiger partial charge in [-0.25, -0.2) is 15.8 Å². The molecular weight excluding hydrogens is 232 g/mol. The van der Waals surface area contributed by atoms with Crippen LogP contribution in [0.2, 0.25) is 0 Å². The minimum atomic E-state index is 0.555. The molecule has 1 saturated carbocycles. The summed E-state index contributed by atoms with van der Waals surface area (Å²) in [7, 11) is 0. The summed E-state index contributed by atoms with van der Waals surface area (Å²) in [4.78, 5) is 9.17. The number of thioether (sulfide) groups is 1. The molecule has 0 amide bonds. The molecule has 5 heteroatoms. The van der Waals surface area contributed by atoms with Gasteiger partial charge in [0, 0.05) is 16.7 Å². The van der Waals surface area contributed by atoms with Crippen LogP contribution in [0.15, 0.2) is 5.03 Å². The normalized spacial score (nSPS) is 16.9. The molecule has 0 aromatic carbocycles. The summed E-state index contributed by atoms with van der Waals surface area (Å²) in [6.45, 7) is 6.44. The van der Waals surface area contributed by atoms with E-state index in [1.807, 2.05) is 18.7 Å². The molecule has 0 bridgehead atoms. The number of nitrogens with two attached hydrogens (primary N) is 1. The van der Waals surface area contributed by atoms with E-state index in [1.54, 1.807) is 0 Å². The van der Waals surface area contributed by atoms with Crippen LogP contribution in [0, 0.1) is 6.92 Å². The van der Waals surface area contributed by atoms with Gasteiger partial charge in [0.05, 0.1) is 0 Å². The van der Waals surface area contributed by atoms with Crippen LogP contribution in [0.4, 0.5) is 5.82 Å². The molecule has 1 atom stereocenters. The Balaban J connectivity index is 2.30. The lowest BCUT2D eigenvalue weighted by Gasteiger charge is -2.14. The SMILES string of the molecule is CCC(C)Sc1nc(C2CC2)nc(NN)c1C. The Morgan fingerprint density at radius 1 is 1.47 bits per heavy atom. The molecule has 0 aliphatic heterocycles. The summed E-state index contributed by atoms with van der Waals surface area (Å²) in [6, 6.07) is 0. The quantitative estimate of drug-likeness (QED) is 0.365. The van der Waals surface area contributed by atoms with Crippen LogP contribution in [0.3, 0.4) is 0 Å². The lowest BCUT2D eigenvalue weighted by molar-refractivity contribution is 0.850. The first-order chi connectivity index (χ1) is 8.15. The smallest absolute Gasteiger partial charge is 0.147 e. The van der Waals surface area contributed by atoms with Crippen LogP contribution in [0.5, 0.6) is 0 Å². The molecule has 17 heavy (non-hydrogen) atoms. The van der Waals surface area contributed by atoms with Crippen molar-refractivity contribution >= 4 is 17.6 Å². The van der Waals surface area contributed by atoms with E-state index >= 15 is 0 Å². The maximum Gasteiger partial charge on any atom is 0.147 e. The van der Waals surface area contributed by atoms with Gasteiger partial charge in [-0.05, 0) is 26.2 Å². The maximum absolute atomic E-state index is 5.52. The minimum absolute atomic E-state index is 0.555. The molecule has 0 spiro atoms. The molecule has 0 saturated heterocycles. The second kappa shape index (κ2) is 5.23. The van der Waals surface area contributed by atoms with Gasteiger partial charge in [-0.3, -0.25) is 0 Å². The van der Waals surface area contributed by atoms with Crippen molar-refractivity contribution in [3.05, 3.63) is 11.4 Å². The standard InChI is InChI=1S/C12H20N4S/c1-4-7(2)17-12-8(3)10(16-13)14-11(15-12)9-5-6-9/h7,9H,4-6,13H2,1-3H3,(H,14,15,16). The first-order valence-electron chi connectivity index (χ1n) is 6.17. The minimum Gasteiger partial charge on any atom is -0.308 e. The maximum atomic E-state index is 5.52. The molecule has 1 aromatic rings. The molecule has 3 N–H and O–H groups in total. The molecule has 94 valence electrons. The lowest BCUT2D eigenvalue weighted by Crippen LogP contribution is -2.13. The van der Waals surface area contributed by atoms with Gasteiger partial charge >= 0.3 is 0 Å². The monoisotopic (exact) mass is 252 g/mol. The Hall–Kier alpha value is -0.810. The second-order valence-electron chi connectivity index (χ2n) is 4.62. The van der Waals surface area contributed by atoms with E-state index in [0.717, 1.165) is 28.7 Å². The van der Waals surface area contributed by atoms with Crippen LogP contribution in [0.25, 0.3) is 0 Å². The highest BCUT2D eigenvalue weighted by Crippen LogP contribution is 2.40. The Morgan fingerprint density at radius 2 is 2.18 bits per heavy atom. The van der Waals surface area contributed by atoms with Gasteiger partial charge in [0.15, 0.2) is 0 Å². The lowest BCUT2D eigenvalue weighted by atomic mass is 10.3. The summed E-state index contributed by atoms with van der Waals surface area (Å²) in [5.74, 6) is 7.80. The zero-order valence-electron chi connectivity index (χ0n) is 10.7. The van der Waals surface area contributed by atoms with E-state index in [-0.39, 0.29) is 0 Å². The molecule has 4 nitrogen and oxygen atoms in total. The molecule has 1 unspecified atom stereocenters.